The molecule has 36 heavy (non-hydrogen) atoms. The summed E-state index contributed by atoms with van der Waals surface area (Å²) in [5.41, 5.74) is 0.400. The average molecular weight is 491 g/mol. The van der Waals surface area contributed by atoms with E-state index in [4.69, 9.17) is 14.2 Å². The SMILES string of the molecule is CCOC(=O)c1cc2c(=O)n3ccccc3nc2n(CCCOC)c1=NC(=O)COc1ccccc1. The van der Waals surface area contributed by atoms with Crippen molar-refractivity contribution in [1.82, 2.24) is 14.0 Å². The number of para-hydroxylation sites is 1. The number of rotatable bonds is 9. The number of amides is 1. The number of aryl methyl sites for hydroxylation is 1. The Labute approximate surface area is 206 Å². The van der Waals surface area contributed by atoms with Crippen LogP contribution in [0.3, 0.4) is 0 Å². The molecule has 0 aliphatic carbocycles. The van der Waals surface area contributed by atoms with Crippen LogP contribution >= 0.6 is 0 Å². The number of ether oxygens (including phenoxy) is 3. The van der Waals surface area contributed by atoms with Gasteiger partial charge in [-0.15, -0.1) is 0 Å². The van der Waals surface area contributed by atoms with Crippen molar-refractivity contribution in [2.24, 2.45) is 4.99 Å². The van der Waals surface area contributed by atoms with E-state index < -0.39 is 11.9 Å². The van der Waals surface area contributed by atoms with Gasteiger partial charge in [0.05, 0.1) is 12.0 Å². The summed E-state index contributed by atoms with van der Waals surface area (Å²) in [6, 6.07) is 15.4. The highest BCUT2D eigenvalue weighted by molar-refractivity contribution is 5.93. The van der Waals surface area contributed by atoms with Gasteiger partial charge in [0.15, 0.2) is 12.1 Å². The minimum atomic E-state index is -0.701. The Morgan fingerprint density at radius 2 is 1.86 bits per heavy atom. The Morgan fingerprint density at radius 3 is 2.61 bits per heavy atom. The number of hydrogen-bond acceptors (Lipinski definition) is 7. The summed E-state index contributed by atoms with van der Waals surface area (Å²) in [7, 11) is 1.58. The van der Waals surface area contributed by atoms with Gasteiger partial charge < -0.3 is 18.8 Å². The highest BCUT2D eigenvalue weighted by atomic mass is 16.5. The molecule has 0 N–H and O–H groups in total. The average Bonchev–Trinajstić information content (AvgIpc) is 2.89. The Balaban J connectivity index is 1.93. The lowest BCUT2D eigenvalue weighted by molar-refractivity contribution is -0.120. The molecule has 4 rings (SSSR count). The van der Waals surface area contributed by atoms with Crippen LogP contribution in [0.1, 0.15) is 23.7 Å². The first-order chi connectivity index (χ1) is 17.5. The Morgan fingerprint density at radius 1 is 1.08 bits per heavy atom. The van der Waals surface area contributed by atoms with E-state index in [0.717, 1.165) is 0 Å². The van der Waals surface area contributed by atoms with E-state index in [1.165, 1.54) is 10.5 Å². The third-order valence-electron chi connectivity index (χ3n) is 5.35. The fraction of sp³-hybridized carbons (Fsp3) is 0.269. The van der Waals surface area contributed by atoms with Crippen molar-refractivity contribution in [3.8, 4) is 5.75 Å². The van der Waals surface area contributed by atoms with Gasteiger partial charge in [0.1, 0.15) is 22.6 Å². The van der Waals surface area contributed by atoms with Crippen LogP contribution in [0.25, 0.3) is 16.7 Å². The summed E-state index contributed by atoms with van der Waals surface area (Å²) in [6.07, 6.45) is 2.13. The Kier molecular flexibility index (Phi) is 7.86. The molecule has 3 aromatic heterocycles. The quantitative estimate of drug-likeness (QED) is 0.201. The summed E-state index contributed by atoms with van der Waals surface area (Å²) in [5.74, 6) is -0.797. The molecule has 0 radical (unpaired) electrons. The third-order valence-corrected chi connectivity index (χ3v) is 5.35. The molecule has 10 nitrogen and oxygen atoms in total. The van der Waals surface area contributed by atoms with Crippen molar-refractivity contribution in [1.29, 1.82) is 0 Å². The van der Waals surface area contributed by atoms with E-state index in [-0.39, 0.29) is 35.2 Å². The van der Waals surface area contributed by atoms with Crippen LogP contribution in [0.4, 0.5) is 0 Å². The molecule has 0 atom stereocenters. The maximum atomic E-state index is 13.3. The molecule has 0 aliphatic heterocycles. The van der Waals surface area contributed by atoms with Gasteiger partial charge in [0, 0.05) is 26.5 Å². The van der Waals surface area contributed by atoms with Crippen LogP contribution in [-0.4, -0.2) is 52.8 Å². The molecule has 0 saturated heterocycles. The molecule has 10 heteroatoms. The highest BCUT2D eigenvalue weighted by Crippen LogP contribution is 2.12. The molecule has 186 valence electrons. The zero-order valence-electron chi connectivity index (χ0n) is 20.0. The van der Waals surface area contributed by atoms with Gasteiger partial charge in [-0.3, -0.25) is 14.0 Å². The molecule has 4 aromatic rings. The Bertz CT molecular complexity index is 1530. The number of aromatic nitrogens is 3. The second-order valence-electron chi connectivity index (χ2n) is 7.79. The molecule has 0 aliphatic rings. The predicted molar refractivity (Wildman–Crippen MR) is 132 cm³/mol. The van der Waals surface area contributed by atoms with Crippen LogP contribution in [0.15, 0.2) is 70.6 Å². The number of carbonyl (C=O) groups excluding carboxylic acids is 2. The number of esters is 1. The first-order valence-corrected chi connectivity index (χ1v) is 11.5. The molecule has 0 unspecified atom stereocenters. The molecule has 0 bridgehead atoms. The van der Waals surface area contributed by atoms with Gasteiger partial charge in [0.2, 0.25) is 0 Å². The van der Waals surface area contributed by atoms with E-state index in [2.05, 4.69) is 9.98 Å². The largest absolute Gasteiger partial charge is 0.484 e. The van der Waals surface area contributed by atoms with Gasteiger partial charge in [-0.1, -0.05) is 24.3 Å². The lowest BCUT2D eigenvalue weighted by atomic mass is 10.2. The lowest BCUT2D eigenvalue weighted by Gasteiger charge is -2.15. The number of fused-ring (bicyclic) bond motifs is 2. The fourth-order valence-corrected chi connectivity index (χ4v) is 3.75. The van der Waals surface area contributed by atoms with Crippen molar-refractivity contribution in [2.45, 2.75) is 19.9 Å². The number of pyridine rings is 2. The number of carbonyl (C=O) groups is 2. The normalized spacial score (nSPS) is 11.7. The van der Waals surface area contributed by atoms with E-state index in [1.807, 2.05) is 6.07 Å². The van der Waals surface area contributed by atoms with Crippen molar-refractivity contribution < 1.29 is 23.8 Å². The topological polar surface area (TPSA) is 113 Å². The molecule has 1 amide bonds. The number of methoxy groups -OCH3 is 1. The summed E-state index contributed by atoms with van der Waals surface area (Å²) in [6.45, 7) is 2.15. The first kappa shape index (κ1) is 24.8. The number of nitrogens with zero attached hydrogens (tertiary/aromatic N) is 4. The van der Waals surface area contributed by atoms with Crippen LogP contribution in [0, 0.1) is 0 Å². The number of benzene rings is 1. The Hall–Kier alpha value is -4.31. The number of hydrogen-bond donors (Lipinski definition) is 0. The van der Waals surface area contributed by atoms with E-state index in [1.54, 1.807) is 67.3 Å². The molecular weight excluding hydrogens is 464 g/mol. The third kappa shape index (κ3) is 5.33. The summed E-state index contributed by atoms with van der Waals surface area (Å²) in [5, 5.41) is 0.200. The van der Waals surface area contributed by atoms with Gasteiger partial charge in [-0.2, -0.15) is 4.99 Å². The van der Waals surface area contributed by atoms with Gasteiger partial charge >= 0.3 is 5.97 Å². The molecular formula is C26H26N4O6. The minimum Gasteiger partial charge on any atom is -0.484 e. The van der Waals surface area contributed by atoms with Crippen molar-refractivity contribution >= 4 is 28.6 Å². The van der Waals surface area contributed by atoms with Crippen LogP contribution in [0.2, 0.25) is 0 Å². The van der Waals surface area contributed by atoms with Crippen LogP contribution < -0.4 is 15.8 Å². The predicted octanol–water partition coefficient (Wildman–Crippen LogP) is 2.37. The zero-order valence-corrected chi connectivity index (χ0v) is 20.0. The lowest BCUT2D eigenvalue weighted by Crippen LogP contribution is -2.33. The van der Waals surface area contributed by atoms with Crippen molar-refractivity contribution in [3.05, 3.63) is 82.2 Å². The minimum absolute atomic E-state index is 0.00962. The maximum absolute atomic E-state index is 13.3. The van der Waals surface area contributed by atoms with Gasteiger partial charge in [-0.05, 0) is 43.7 Å². The standard InChI is InChI=1S/C26H26N4O6/c1-3-35-26(33)20-16-19-23(27-21-12-7-8-13-29(21)25(19)32)30(14-9-15-34-2)24(20)28-22(31)17-36-18-10-5-4-6-11-18/h4-8,10-13,16H,3,9,14-15,17H2,1-2H3. The molecule has 1 aromatic carbocycles. The molecule has 0 saturated carbocycles. The first-order valence-electron chi connectivity index (χ1n) is 11.5. The smallest absolute Gasteiger partial charge is 0.341 e. The van der Waals surface area contributed by atoms with E-state index in [9.17, 15) is 14.4 Å². The second kappa shape index (κ2) is 11.4. The zero-order chi connectivity index (χ0) is 25.5. The van der Waals surface area contributed by atoms with Crippen LogP contribution in [0.5, 0.6) is 5.75 Å². The summed E-state index contributed by atoms with van der Waals surface area (Å²) >= 11 is 0. The summed E-state index contributed by atoms with van der Waals surface area (Å²) in [4.78, 5) is 48.0. The van der Waals surface area contributed by atoms with Crippen LogP contribution in [-0.2, 0) is 20.8 Å². The van der Waals surface area contributed by atoms with Crippen molar-refractivity contribution in [2.75, 3.05) is 26.9 Å². The highest BCUT2D eigenvalue weighted by Gasteiger charge is 2.20. The monoisotopic (exact) mass is 490 g/mol. The van der Waals surface area contributed by atoms with Crippen molar-refractivity contribution in [3.63, 3.8) is 0 Å². The molecule has 0 fully saturated rings. The van der Waals surface area contributed by atoms with Gasteiger partial charge in [-0.25, -0.2) is 9.78 Å². The molecule has 3 heterocycles. The van der Waals surface area contributed by atoms with Gasteiger partial charge in [0.25, 0.3) is 11.5 Å². The fourth-order valence-electron chi connectivity index (χ4n) is 3.75. The molecule has 0 spiro atoms. The second-order valence-corrected chi connectivity index (χ2v) is 7.79. The maximum Gasteiger partial charge on any atom is 0.341 e. The van der Waals surface area contributed by atoms with E-state index in [0.29, 0.717) is 36.6 Å². The van der Waals surface area contributed by atoms with E-state index >= 15 is 0 Å². The summed E-state index contributed by atoms with van der Waals surface area (Å²) < 4.78 is 18.9.